The van der Waals surface area contributed by atoms with Crippen LogP contribution >= 0.6 is 0 Å². The van der Waals surface area contributed by atoms with Gasteiger partial charge < -0.3 is 4.74 Å². The van der Waals surface area contributed by atoms with E-state index in [0.717, 1.165) is 38.5 Å². The van der Waals surface area contributed by atoms with E-state index in [4.69, 9.17) is 4.74 Å². The van der Waals surface area contributed by atoms with Crippen LogP contribution in [0.4, 0.5) is 8.78 Å². The molecule has 33 heavy (non-hydrogen) atoms. The van der Waals surface area contributed by atoms with Gasteiger partial charge in [0.25, 0.3) is 11.8 Å². The van der Waals surface area contributed by atoms with Crippen molar-refractivity contribution in [1.29, 1.82) is 0 Å². The van der Waals surface area contributed by atoms with Crippen LogP contribution in [0, 0.1) is 23.2 Å². The van der Waals surface area contributed by atoms with E-state index in [2.05, 4.69) is 4.28 Å². The zero-order chi connectivity index (χ0) is 23.6. The van der Waals surface area contributed by atoms with Crippen LogP contribution in [0.1, 0.15) is 54.4 Å². The Labute approximate surface area is 189 Å². The molecule has 1 aromatic carbocycles. The molecule has 0 atom stereocenters. The van der Waals surface area contributed by atoms with Crippen LogP contribution in [0.2, 0.25) is 0 Å². The molecule has 4 aliphatic carbocycles. The number of hydrogen-bond donors (Lipinski definition) is 0. The monoisotopic (exact) mass is 483 g/mol. The molecule has 4 bridgehead atoms. The third kappa shape index (κ3) is 3.74. The zero-order valence-corrected chi connectivity index (χ0v) is 18.5. The Balaban J connectivity index is 1.28. The minimum atomic E-state index is -6.03. The highest BCUT2D eigenvalue weighted by Crippen LogP contribution is 2.60. The number of amides is 2. The molecule has 4 fully saturated rings. The Morgan fingerprint density at radius 3 is 2.24 bits per heavy atom. The molecule has 178 valence electrons. The van der Waals surface area contributed by atoms with Gasteiger partial charge in [-0.05, 0) is 67.9 Å². The Bertz CT molecular complexity index is 1100. The molecular weight excluding hydrogens is 460 g/mol. The van der Waals surface area contributed by atoms with Crippen LogP contribution in [-0.4, -0.2) is 43.1 Å². The van der Waals surface area contributed by atoms with Gasteiger partial charge in [-0.3, -0.25) is 9.59 Å². The van der Waals surface area contributed by atoms with Crippen LogP contribution in [0.25, 0.3) is 0 Å². The predicted octanol–water partition coefficient (Wildman–Crippen LogP) is 2.83. The van der Waals surface area contributed by atoms with Gasteiger partial charge in [-0.2, -0.15) is 17.2 Å². The van der Waals surface area contributed by atoms with Gasteiger partial charge >= 0.3 is 21.3 Å². The van der Waals surface area contributed by atoms with Gasteiger partial charge in [-0.1, -0.05) is 18.2 Å². The van der Waals surface area contributed by atoms with Crippen molar-refractivity contribution in [3.05, 3.63) is 35.4 Å². The number of nitrogens with zero attached hydrogens (tertiary/aromatic N) is 1. The summed E-state index contributed by atoms with van der Waals surface area (Å²) < 4.78 is 62.8. The van der Waals surface area contributed by atoms with Crippen molar-refractivity contribution < 1.29 is 40.6 Å². The molecule has 1 heterocycles. The molecule has 1 aromatic rings. The molecule has 6 rings (SSSR count). The van der Waals surface area contributed by atoms with Crippen LogP contribution in [0.3, 0.4) is 0 Å². The standard InChI is InChI=1S/C22H23F2NO7S/c23-22(24,20(28)31-12-21-9-13-5-14(10-21)7-15(6-13)11-21)33(29,30)32-25-18(26)8-16-3-1-2-4-17(16)19(25)27/h1-4,13-15H,5-12H2. The molecule has 0 spiro atoms. The molecule has 1 aliphatic heterocycles. The van der Waals surface area contributed by atoms with Gasteiger partial charge in [-0.15, -0.1) is 9.35 Å². The topological polar surface area (TPSA) is 107 Å². The number of ether oxygens (including phenoxy) is 1. The Morgan fingerprint density at radius 2 is 1.64 bits per heavy atom. The second-order valence-electron chi connectivity index (χ2n) is 9.87. The molecule has 11 heteroatoms. The van der Waals surface area contributed by atoms with E-state index in [-0.39, 0.29) is 17.2 Å². The zero-order valence-electron chi connectivity index (χ0n) is 17.7. The number of fused-ring (bicyclic) bond motifs is 1. The second kappa shape index (κ2) is 7.56. The summed E-state index contributed by atoms with van der Waals surface area (Å²) in [5, 5.41) is -5.33. The Hall–Kier alpha value is -2.40. The molecule has 4 saturated carbocycles. The number of hydroxylamine groups is 2. The quantitative estimate of drug-likeness (QED) is 0.452. The highest BCUT2D eigenvalue weighted by molar-refractivity contribution is 7.88. The Morgan fingerprint density at radius 1 is 1.06 bits per heavy atom. The first-order valence-electron chi connectivity index (χ1n) is 10.9. The summed E-state index contributed by atoms with van der Waals surface area (Å²) >= 11 is 0. The summed E-state index contributed by atoms with van der Waals surface area (Å²) in [6, 6.07) is 5.83. The van der Waals surface area contributed by atoms with Crippen LogP contribution in [0.5, 0.6) is 0 Å². The lowest BCUT2D eigenvalue weighted by atomic mass is 9.50. The number of halogens is 2. The number of benzene rings is 1. The summed E-state index contributed by atoms with van der Waals surface area (Å²) in [4.78, 5) is 36.8. The van der Waals surface area contributed by atoms with Crippen molar-refractivity contribution in [1.82, 2.24) is 5.06 Å². The normalized spacial score (nSPS) is 31.0. The fraction of sp³-hybridized carbons (Fsp3) is 0.591. The van der Waals surface area contributed by atoms with Gasteiger partial charge in [0.05, 0.1) is 13.0 Å². The van der Waals surface area contributed by atoms with Crippen molar-refractivity contribution in [2.75, 3.05) is 6.61 Å². The molecule has 5 aliphatic rings. The summed E-state index contributed by atoms with van der Waals surface area (Å²) in [5.41, 5.74) is -0.139. The smallest absolute Gasteiger partial charge is 0.460 e. The van der Waals surface area contributed by atoms with E-state index < -0.39 is 45.0 Å². The third-order valence-electron chi connectivity index (χ3n) is 7.40. The number of hydrogen-bond acceptors (Lipinski definition) is 7. The van der Waals surface area contributed by atoms with Gasteiger partial charge in [-0.25, -0.2) is 4.79 Å². The second-order valence-corrected chi connectivity index (χ2v) is 11.4. The molecule has 2 amide bonds. The number of imide groups is 1. The van der Waals surface area contributed by atoms with Gasteiger partial charge in [0, 0.05) is 11.0 Å². The highest BCUT2D eigenvalue weighted by Gasteiger charge is 2.59. The lowest BCUT2D eigenvalue weighted by molar-refractivity contribution is -0.174. The van der Waals surface area contributed by atoms with E-state index in [1.165, 1.54) is 18.2 Å². The highest BCUT2D eigenvalue weighted by atomic mass is 32.2. The van der Waals surface area contributed by atoms with Crippen LogP contribution in [-0.2, 0) is 35.1 Å². The van der Waals surface area contributed by atoms with Gasteiger partial charge in [0.15, 0.2) is 0 Å². The number of carbonyl (C=O) groups excluding carboxylic acids is 3. The molecule has 0 saturated heterocycles. The maximum absolute atomic E-state index is 14.6. The summed E-state index contributed by atoms with van der Waals surface area (Å²) in [7, 11) is -6.03. The third-order valence-corrected chi connectivity index (χ3v) is 8.54. The summed E-state index contributed by atoms with van der Waals surface area (Å²) in [6.07, 6.45) is 5.22. The maximum Gasteiger partial charge on any atom is 0.467 e. The van der Waals surface area contributed by atoms with E-state index in [1.807, 2.05) is 0 Å². The largest absolute Gasteiger partial charge is 0.467 e. The van der Waals surface area contributed by atoms with Gasteiger partial charge in [0.2, 0.25) is 0 Å². The number of rotatable bonds is 6. The fourth-order valence-electron chi connectivity index (χ4n) is 6.43. The number of carbonyl (C=O) groups is 3. The van der Waals surface area contributed by atoms with E-state index >= 15 is 0 Å². The van der Waals surface area contributed by atoms with E-state index in [9.17, 15) is 31.6 Å². The Kier molecular flexibility index (Phi) is 5.13. The van der Waals surface area contributed by atoms with Crippen molar-refractivity contribution in [2.45, 2.75) is 50.2 Å². The fourth-order valence-corrected chi connectivity index (χ4v) is 7.14. The summed E-state index contributed by atoms with van der Waals surface area (Å²) in [5.74, 6) is -3.15. The number of alkyl halides is 2. The molecular formula is C22H23F2NO7S. The van der Waals surface area contributed by atoms with Crippen molar-refractivity contribution in [2.24, 2.45) is 23.2 Å². The minimum Gasteiger partial charge on any atom is -0.460 e. The van der Waals surface area contributed by atoms with Crippen molar-refractivity contribution in [3.63, 3.8) is 0 Å². The van der Waals surface area contributed by atoms with Gasteiger partial charge in [0.1, 0.15) is 0 Å². The molecule has 0 aromatic heterocycles. The average molecular weight is 483 g/mol. The molecule has 0 N–H and O–H groups in total. The first-order valence-corrected chi connectivity index (χ1v) is 12.3. The summed E-state index contributed by atoms with van der Waals surface area (Å²) in [6.45, 7) is -0.282. The minimum absolute atomic E-state index is 0.0555. The average Bonchev–Trinajstić information content (AvgIpc) is 2.74. The SMILES string of the molecule is O=C1Cc2ccccc2C(=O)N1OS(=O)(=O)C(F)(F)C(=O)OCC12CC3CC(CC(C3)C1)C2. The van der Waals surface area contributed by atoms with Crippen molar-refractivity contribution >= 4 is 27.9 Å². The molecule has 0 radical (unpaired) electrons. The van der Waals surface area contributed by atoms with E-state index in [0.29, 0.717) is 23.3 Å². The lowest BCUT2D eigenvalue weighted by Gasteiger charge is -2.56. The van der Waals surface area contributed by atoms with Crippen molar-refractivity contribution in [3.8, 4) is 0 Å². The predicted molar refractivity (Wildman–Crippen MR) is 108 cm³/mol. The number of esters is 1. The lowest BCUT2D eigenvalue weighted by Crippen LogP contribution is -2.51. The first-order chi connectivity index (χ1) is 15.5. The van der Waals surface area contributed by atoms with E-state index in [1.54, 1.807) is 6.07 Å². The molecule has 0 unspecified atom stereocenters. The maximum atomic E-state index is 14.6. The van der Waals surface area contributed by atoms with Crippen LogP contribution in [0.15, 0.2) is 24.3 Å². The van der Waals surface area contributed by atoms with Crippen LogP contribution < -0.4 is 0 Å². The first kappa shape index (κ1) is 22.4. The molecule has 8 nitrogen and oxygen atoms in total.